The predicted octanol–water partition coefficient (Wildman–Crippen LogP) is 4.18. The third-order valence-corrected chi connectivity index (χ3v) is 6.26. The van der Waals surface area contributed by atoms with Crippen molar-refractivity contribution in [3.05, 3.63) is 65.0 Å². The Morgan fingerprint density at radius 3 is 2.69 bits per heavy atom. The highest BCUT2D eigenvalue weighted by molar-refractivity contribution is 6.06. The topological polar surface area (TPSA) is 43.8 Å². The summed E-state index contributed by atoms with van der Waals surface area (Å²) in [6, 6.07) is 12.0. The van der Waals surface area contributed by atoms with Gasteiger partial charge in [-0.25, -0.2) is 4.39 Å². The maximum absolute atomic E-state index is 14.1. The van der Waals surface area contributed by atoms with Crippen molar-refractivity contribution >= 4 is 11.6 Å². The first kappa shape index (κ1) is 20.0. The van der Waals surface area contributed by atoms with Gasteiger partial charge in [0.1, 0.15) is 5.82 Å². The van der Waals surface area contributed by atoms with E-state index in [4.69, 9.17) is 0 Å². The number of hydrogen-bond acceptors (Lipinski definition) is 3. The van der Waals surface area contributed by atoms with Gasteiger partial charge < -0.3 is 14.9 Å². The van der Waals surface area contributed by atoms with Crippen LogP contribution in [0.25, 0.3) is 0 Å². The van der Waals surface area contributed by atoms with Gasteiger partial charge in [-0.05, 0) is 74.0 Å². The molecule has 2 heterocycles. The molecule has 0 bridgehead atoms. The molecule has 29 heavy (non-hydrogen) atoms. The van der Waals surface area contributed by atoms with Gasteiger partial charge in [-0.2, -0.15) is 0 Å². The number of likely N-dealkylation sites (tertiary alicyclic amines) is 1. The van der Waals surface area contributed by atoms with Crippen molar-refractivity contribution in [3.8, 4) is 0 Å². The second-order valence-corrected chi connectivity index (χ2v) is 8.43. The van der Waals surface area contributed by atoms with Crippen LogP contribution in [0, 0.1) is 11.7 Å². The van der Waals surface area contributed by atoms with Crippen LogP contribution < -0.4 is 4.90 Å². The second-order valence-electron chi connectivity index (χ2n) is 8.43. The van der Waals surface area contributed by atoms with Gasteiger partial charge in [0, 0.05) is 18.8 Å². The largest absolute Gasteiger partial charge is 0.387 e. The molecule has 2 aliphatic rings. The van der Waals surface area contributed by atoms with Crippen molar-refractivity contribution in [2.24, 2.45) is 5.92 Å². The summed E-state index contributed by atoms with van der Waals surface area (Å²) in [7, 11) is 0. The molecule has 0 aromatic heterocycles. The first-order valence-electron chi connectivity index (χ1n) is 10.6. The van der Waals surface area contributed by atoms with Gasteiger partial charge in [0.05, 0.1) is 11.7 Å². The molecule has 1 atom stereocenters. The third kappa shape index (κ3) is 4.36. The maximum atomic E-state index is 14.1. The molecule has 0 saturated carbocycles. The summed E-state index contributed by atoms with van der Waals surface area (Å²) in [6.07, 6.45) is 3.52. The van der Waals surface area contributed by atoms with Gasteiger partial charge in [0.2, 0.25) is 0 Å². The SMILES string of the molecule is CC1CCN(C[C@@H](O)c2ccc3c(c2)CCCN3C(=O)c2ccccc2F)CC1. The van der Waals surface area contributed by atoms with Crippen LogP contribution in [0.1, 0.15) is 53.8 Å². The minimum atomic E-state index is -0.536. The van der Waals surface area contributed by atoms with Crippen LogP contribution in [0.3, 0.4) is 0 Å². The number of fused-ring (bicyclic) bond motifs is 1. The number of aliphatic hydroxyl groups excluding tert-OH is 1. The summed E-state index contributed by atoms with van der Waals surface area (Å²) in [5.74, 6) is -0.0302. The lowest BCUT2D eigenvalue weighted by Crippen LogP contribution is -2.37. The number of β-amino-alcohol motifs (C(OH)–C–C–N with tert-alkyl or cyclic N) is 1. The minimum Gasteiger partial charge on any atom is -0.387 e. The molecule has 4 nitrogen and oxygen atoms in total. The van der Waals surface area contributed by atoms with Crippen molar-refractivity contribution in [2.75, 3.05) is 31.1 Å². The molecule has 0 aliphatic carbocycles. The first-order valence-corrected chi connectivity index (χ1v) is 10.6. The molecular formula is C24H29FN2O2. The normalized spacial score (nSPS) is 19.1. The van der Waals surface area contributed by atoms with E-state index < -0.39 is 11.9 Å². The molecular weight excluding hydrogens is 367 g/mol. The fourth-order valence-electron chi connectivity index (χ4n) is 4.41. The minimum absolute atomic E-state index is 0.101. The second kappa shape index (κ2) is 8.64. The maximum Gasteiger partial charge on any atom is 0.261 e. The predicted molar refractivity (Wildman–Crippen MR) is 113 cm³/mol. The van der Waals surface area contributed by atoms with E-state index in [1.54, 1.807) is 17.0 Å². The Bertz CT molecular complexity index is 877. The molecule has 154 valence electrons. The van der Waals surface area contributed by atoms with Gasteiger partial charge in [-0.1, -0.05) is 31.2 Å². The van der Waals surface area contributed by atoms with Gasteiger partial charge in [-0.15, -0.1) is 0 Å². The van der Waals surface area contributed by atoms with Crippen molar-refractivity contribution in [2.45, 2.75) is 38.7 Å². The lowest BCUT2D eigenvalue weighted by atomic mass is 9.95. The molecule has 1 amide bonds. The molecule has 1 fully saturated rings. The van der Waals surface area contributed by atoms with Crippen LogP contribution in [0.2, 0.25) is 0 Å². The van der Waals surface area contributed by atoms with Crippen molar-refractivity contribution in [1.29, 1.82) is 0 Å². The zero-order valence-electron chi connectivity index (χ0n) is 17.0. The Labute approximate surface area is 171 Å². The molecule has 2 aromatic carbocycles. The number of aryl methyl sites for hydroxylation is 1. The van der Waals surface area contributed by atoms with Crippen LogP contribution in [0.15, 0.2) is 42.5 Å². The summed E-state index contributed by atoms with van der Waals surface area (Å²) < 4.78 is 14.1. The highest BCUT2D eigenvalue weighted by Gasteiger charge is 2.26. The lowest BCUT2D eigenvalue weighted by Gasteiger charge is -2.33. The number of carbonyl (C=O) groups is 1. The lowest BCUT2D eigenvalue weighted by molar-refractivity contribution is 0.0915. The van der Waals surface area contributed by atoms with Gasteiger partial charge in [0.15, 0.2) is 0 Å². The number of rotatable bonds is 4. The van der Waals surface area contributed by atoms with E-state index in [2.05, 4.69) is 11.8 Å². The Morgan fingerprint density at radius 2 is 1.93 bits per heavy atom. The Hall–Kier alpha value is -2.24. The zero-order chi connectivity index (χ0) is 20.4. The van der Waals surface area contributed by atoms with Crippen molar-refractivity contribution < 1.29 is 14.3 Å². The summed E-state index contributed by atoms with van der Waals surface area (Å²) in [4.78, 5) is 16.9. The number of hydrogen-bond donors (Lipinski definition) is 1. The standard InChI is InChI=1S/C24H29FN2O2/c1-17-10-13-26(14-11-17)16-23(28)19-8-9-22-18(15-19)5-4-12-27(22)24(29)20-6-2-3-7-21(20)25/h2-3,6-9,15,17,23,28H,4-5,10-14,16H2,1H3/t23-/m1/s1. The molecule has 0 spiro atoms. The molecule has 2 aromatic rings. The average molecular weight is 397 g/mol. The van der Waals surface area contributed by atoms with Crippen LogP contribution in [-0.2, 0) is 6.42 Å². The van der Waals surface area contributed by atoms with E-state index in [9.17, 15) is 14.3 Å². The molecule has 0 radical (unpaired) electrons. The number of amides is 1. The number of halogens is 1. The highest BCUT2D eigenvalue weighted by atomic mass is 19.1. The monoisotopic (exact) mass is 396 g/mol. The van der Waals surface area contributed by atoms with Crippen LogP contribution in [0.4, 0.5) is 10.1 Å². The third-order valence-electron chi connectivity index (χ3n) is 6.26. The number of nitrogens with zero attached hydrogens (tertiary/aromatic N) is 2. The van der Waals surface area contributed by atoms with Gasteiger partial charge in [0.25, 0.3) is 5.91 Å². The number of aliphatic hydroxyl groups is 1. The summed E-state index contributed by atoms with van der Waals surface area (Å²) in [6.45, 7) is 5.57. The molecule has 0 unspecified atom stereocenters. The summed E-state index contributed by atoms with van der Waals surface area (Å²) in [5, 5.41) is 10.8. The Kier molecular flexibility index (Phi) is 5.97. The van der Waals surface area contributed by atoms with E-state index in [1.165, 1.54) is 25.0 Å². The summed E-state index contributed by atoms with van der Waals surface area (Å²) in [5.41, 5.74) is 2.86. The molecule has 2 aliphatic heterocycles. The van der Waals surface area contributed by atoms with Crippen molar-refractivity contribution in [1.82, 2.24) is 4.90 Å². The number of anilines is 1. The van der Waals surface area contributed by atoms with E-state index >= 15 is 0 Å². The fourth-order valence-corrected chi connectivity index (χ4v) is 4.41. The molecule has 4 rings (SSSR count). The van der Waals surface area contributed by atoms with E-state index in [0.29, 0.717) is 13.1 Å². The summed E-state index contributed by atoms with van der Waals surface area (Å²) >= 11 is 0. The van der Waals surface area contributed by atoms with Crippen LogP contribution >= 0.6 is 0 Å². The van der Waals surface area contributed by atoms with E-state index in [1.807, 2.05) is 18.2 Å². The Balaban J connectivity index is 1.51. The number of benzene rings is 2. The quantitative estimate of drug-likeness (QED) is 0.843. The fraction of sp³-hybridized carbons (Fsp3) is 0.458. The first-order chi connectivity index (χ1) is 14.0. The van der Waals surface area contributed by atoms with Gasteiger partial charge in [-0.3, -0.25) is 4.79 Å². The van der Waals surface area contributed by atoms with Crippen LogP contribution in [0.5, 0.6) is 0 Å². The van der Waals surface area contributed by atoms with E-state index in [0.717, 1.165) is 48.7 Å². The van der Waals surface area contributed by atoms with E-state index in [-0.39, 0.29) is 11.5 Å². The highest BCUT2D eigenvalue weighted by Crippen LogP contribution is 2.32. The smallest absolute Gasteiger partial charge is 0.261 e. The van der Waals surface area contributed by atoms with Crippen LogP contribution in [-0.4, -0.2) is 42.1 Å². The Morgan fingerprint density at radius 1 is 1.17 bits per heavy atom. The number of piperidine rings is 1. The molecule has 1 N–H and O–H groups in total. The molecule has 5 heteroatoms. The zero-order valence-corrected chi connectivity index (χ0v) is 17.0. The van der Waals surface area contributed by atoms with Crippen molar-refractivity contribution in [3.63, 3.8) is 0 Å². The molecule has 1 saturated heterocycles. The average Bonchev–Trinajstić information content (AvgIpc) is 2.74. The number of carbonyl (C=O) groups excluding carboxylic acids is 1. The van der Waals surface area contributed by atoms with Gasteiger partial charge >= 0.3 is 0 Å².